The topological polar surface area (TPSA) is 23.5 Å². The summed E-state index contributed by atoms with van der Waals surface area (Å²) in [4.78, 5) is 2.64. The van der Waals surface area contributed by atoms with E-state index in [4.69, 9.17) is 0 Å². The van der Waals surface area contributed by atoms with Crippen LogP contribution in [0.5, 0.6) is 0 Å². The molecule has 0 aromatic carbocycles. The summed E-state index contributed by atoms with van der Waals surface area (Å²) in [5, 5.41) is 9.52. The van der Waals surface area contributed by atoms with Crippen molar-refractivity contribution in [3.8, 4) is 0 Å². The van der Waals surface area contributed by atoms with Crippen molar-refractivity contribution in [1.29, 1.82) is 0 Å². The monoisotopic (exact) mass is 227 g/mol. The molecule has 1 N–H and O–H groups in total. The van der Waals surface area contributed by atoms with Crippen molar-refractivity contribution >= 4 is 0 Å². The fourth-order valence-corrected chi connectivity index (χ4v) is 2.07. The summed E-state index contributed by atoms with van der Waals surface area (Å²) >= 11 is 0. The number of nitrogens with zero attached hydrogens (tertiary/aromatic N) is 1. The number of hydrogen-bond donors (Lipinski definition) is 1. The van der Waals surface area contributed by atoms with Gasteiger partial charge in [-0.1, -0.05) is 20.8 Å². The summed E-state index contributed by atoms with van der Waals surface area (Å²) in [5.41, 5.74) is 0. The van der Waals surface area contributed by atoms with Gasteiger partial charge in [-0.05, 0) is 57.5 Å². The summed E-state index contributed by atoms with van der Waals surface area (Å²) in [6.45, 7) is 9.10. The Bertz CT molecular complexity index is 178. The first-order valence-electron chi connectivity index (χ1n) is 7.05. The van der Waals surface area contributed by atoms with E-state index < -0.39 is 0 Å². The standard InChI is InChI=1S/C14H29NO/c1-4-14(16)6-5-10-15(13-7-8-13)11-9-12(2)3/h12-14,16H,4-11H2,1-3H3. The van der Waals surface area contributed by atoms with Crippen molar-refractivity contribution in [2.75, 3.05) is 13.1 Å². The molecule has 1 aliphatic rings. The summed E-state index contributed by atoms with van der Waals surface area (Å²) in [6, 6.07) is 0.873. The summed E-state index contributed by atoms with van der Waals surface area (Å²) < 4.78 is 0. The average molecular weight is 227 g/mol. The van der Waals surface area contributed by atoms with Gasteiger partial charge in [-0.15, -0.1) is 0 Å². The molecule has 1 aliphatic carbocycles. The van der Waals surface area contributed by atoms with Gasteiger partial charge in [0, 0.05) is 6.04 Å². The van der Waals surface area contributed by atoms with E-state index in [-0.39, 0.29) is 6.10 Å². The summed E-state index contributed by atoms with van der Waals surface area (Å²) in [7, 11) is 0. The third-order valence-electron chi connectivity index (χ3n) is 3.51. The van der Waals surface area contributed by atoms with Crippen LogP contribution < -0.4 is 0 Å². The Morgan fingerprint density at radius 3 is 2.38 bits per heavy atom. The van der Waals surface area contributed by atoms with Crippen LogP contribution in [0.2, 0.25) is 0 Å². The molecule has 96 valence electrons. The molecule has 0 aromatic heterocycles. The Hall–Kier alpha value is -0.0800. The largest absolute Gasteiger partial charge is 0.393 e. The quantitative estimate of drug-likeness (QED) is 0.654. The number of aliphatic hydroxyl groups excluding tert-OH is 1. The second-order valence-electron chi connectivity index (χ2n) is 5.65. The molecule has 1 unspecified atom stereocenters. The van der Waals surface area contributed by atoms with E-state index in [0.717, 1.165) is 31.2 Å². The van der Waals surface area contributed by atoms with Crippen LogP contribution in [0.4, 0.5) is 0 Å². The first kappa shape index (κ1) is 14.0. The first-order valence-corrected chi connectivity index (χ1v) is 7.05. The van der Waals surface area contributed by atoms with E-state index in [9.17, 15) is 5.11 Å². The molecule has 1 rings (SSSR count). The summed E-state index contributed by atoms with van der Waals surface area (Å²) in [6.07, 6.45) is 7.06. The van der Waals surface area contributed by atoms with Crippen molar-refractivity contribution in [3.05, 3.63) is 0 Å². The van der Waals surface area contributed by atoms with E-state index in [1.807, 2.05) is 0 Å². The fourth-order valence-electron chi connectivity index (χ4n) is 2.07. The van der Waals surface area contributed by atoms with Crippen LogP contribution >= 0.6 is 0 Å². The number of aliphatic hydroxyl groups is 1. The van der Waals surface area contributed by atoms with E-state index in [0.29, 0.717) is 0 Å². The normalized spacial score (nSPS) is 18.4. The summed E-state index contributed by atoms with van der Waals surface area (Å²) in [5.74, 6) is 0.808. The molecule has 0 saturated heterocycles. The van der Waals surface area contributed by atoms with Crippen molar-refractivity contribution in [2.45, 2.75) is 71.4 Å². The van der Waals surface area contributed by atoms with Gasteiger partial charge in [0.1, 0.15) is 0 Å². The van der Waals surface area contributed by atoms with Gasteiger partial charge in [0.2, 0.25) is 0 Å². The molecule has 0 aromatic rings. The molecule has 2 nitrogen and oxygen atoms in total. The Labute approximate surface area is 101 Å². The van der Waals surface area contributed by atoms with Crippen molar-refractivity contribution in [3.63, 3.8) is 0 Å². The zero-order valence-electron chi connectivity index (χ0n) is 11.3. The van der Waals surface area contributed by atoms with Gasteiger partial charge in [-0.25, -0.2) is 0 Å². The highest BCUT2D eigenvalue weighted by molar-refractivity contribution is 4.84. The van der Waals surface area contributed by atoms with E-state index in [1.54, 1.807) is 0 Å². The highest BCUT2D eigenvalue weighted by atomic mass is 16.3. The van der Waals surface area contributed by atoms with Crippen LogP contribution in [-0.2, 0) is 0 Å². The van der Waals surface area contributed by atoms with E-state index in [2.05, 4.69) is 25.7 Å². The third-order valence-corrected chi connectivity index (χ3v) is 3.51. The van der Waals surface area contributed by atoms with Crippen LogP contribution in [0, 0.1) is 5.92 Å². The average Bonchev–Trinajstić information content (AvgIpc) is 3.06. The van der Waals surface area contributed by atoms with Crippen molar-refractivity contribution in [1.82, 2.24) is 4.90 Å². The predicted octanol–water partition coefficient (Wildman–Crippen LogP) is 3.05. The molecule has 0 radical (unpaired) electrons. The number of hydrogen-bond acceptors (Lipinski definition) is 2. The van der Waals surface area contributed by atoms with E-state index in [1.165, 1.54) is 32.4 Å². The number of rotatable bonds is 9. The molecule has 0 bridgehead atoms. The highest BCUT2D eigenvalue weighted by Crippen LogP contribution is 2.27. The van der Waals surface area contributed by atoms with Gasteiger partial charge >= 0.3 is 0 Å². The Balaban J connectivity index is 2.13. The molecule has 0 aliphatic heterocycles. The fraction of sp³-hybridized carbons (Fsp3) is 1.00. The second-order valence-corrected chi connectivity index (χ2v) is 5.65. The van der Waals surface area contributed by atoms with E-state index >= 15 is 0 Å². The van der Waals surface area contributed by atoms with Gasteiger partial charge in [0.05, 0.1) is 6.10 Å². The Morgan fingerprint density at radius 1 is 1.19 bits per heavy atom. The molecule has 0 amide bonds. The van der Waals surface area contributed by atoms with Gasteiger partial charge in [-0.2, -0.15) is 0 Å². The minimum atomic E-state index is -0.0776. The molecular formula is C14H29NO. The smallest absolute Gasteiger partial charge is 0.0538 e. The SMILES string of the molecule is CCC(O)CCCN(CCC(C)C)C1CC1. The third kappa shape index (κ3) is 5.86. The molecule has 1 saturated carbocycles. The van der Waals surface area contributed by atoms with Gasteiger partial charge in [0.25, 0.3) is 0 Å². The molecule has 0 heterocycles. The van der Waals surface area contributed by atoms with Gasteiger partial charge in [0.15, 0.2) is 0 Å². The molecule has 16 heavy (non-hydrogen) atoms. The lowest BCUT2D eigenvalue weighted by Crippen LogP contribution is -2.29. The molecule has 1 fully saturated rings. The van der Waals surface area contributed by atoms with Crippen molar-refractivity contribution in [2.24, 2.45) is 5.92 Å². The maximum absolute atomic E-state index is 9.52. The maximum Gasteiger partial charge on any atom is 0.0538 e. The molecule has 2 heteroatoms. The van der Waals surface area contributed by atoms with Crippen LogP contribution in [0.15, 0.2) is 0 Å². The van der Waals surface area contributed by atoms with Crippen molar-refractivity contribution < 1.29 is 5.11 Å². The van der Waals surface area contributed by atoms with Crippen LogP contribution in [0.3, 0.4) is 0 Å². The van der Waals surface area contributed by atoms with Crippen LogP contribution in [-0.4, -0.2) is 35.2 Å². The van der Waals surface area contributed by atoms with Gasteiger partial charge in [-0.3, -0.25) is 0 Å². The Kier molecular flexibility index (Phi) is 6.37. The first-order chi connectivity index (χ1) is 7.63. The predicted molar refractivity (Wildman–Crippen MR) is 69.6 cm³/mol. The zero-order chi connectivity index (χ0) is 12.0. The lowest BCUT2D eigenvalue weighted by molar-refractivity contribution is 0.147. The zero-order valence-corrected chi connectivity index (χ0v) is 11.3. The maximum atomic E-state index is 9.52. The molecule has 1 atom stereocenters. The van der Waals surface area contributed by atoms with Crippen LogP contribution in [0.25, 0.3) is 0 Å². The lowest BCUT2D eigenvalue weighted by atomic mass is 10.1. The highest BCUT2D eigenvalue weighted by Gasteiger charge is 2.28. The minimum absolute atomic E-state index is 0.0776. The molecule has 0 spiro atoms. The molecular weight excluding hydrogens is 198 g/mol. The minimum Gasteiger partial charge on any atom is -0.393 e. The van der Waals surface area contributed by atoms with Crippen LogP contribution in [0.1, 0.15) is 59.3 Å². The van der Waals surface area contributed by atoms with Gasteiger partial charge < -0.3 is 10.0 Å². The second kappa shape index (κ2) is 7.29. The lowest BCUT2D eigenvalue weighted by Gasteiger charge is -2.23. The Morgan fingerprint density at radius 2 is 1.88 bits per heavy atom.